The zero-order valence-electron chi connectivity index (χ0n) is 16.5. The minimum absolute atomic E-state index is 0.164. The number of carbonyl (C=O) groups excluding carboxylic acids is 3. The van der Waals surface area contributed by atoms with Gasteiger partial charge in [0.05, 0.1) is 23.9 Å². The maximum atomic E-state index is 12.7. The van der Waals surface area contributed by atoms with E-state index in [1.807, 2.05) is 11.4 Å². The molecule has 0 unspecified atom stereocenters. The van der Waals surface area contributed by atoms with E-state index < -0.39 is 30.1 Å². The zero-order valence-corrected chi connectivity index (χ0v) is 18.0. The Morgan fingerprint density at radius 1 is 1.29 bits per heavy atom. The molecule has 31 heavy (non-hydrogen) atoms. The van der Waals surface area contributed by atoms with E-state index in [2.05, 4.69) is 10.6 Å². The van der Waals surface area contributed by atoms with E-state index in [1.165, 1.54) is 11.3 Å². The molecule has 10 heteroatoms. The van der Waals surface area contributed by atoms with E-state index in [0.29, 0.717) is 17.2 Å². The van der Waals surface area contributed by atoms with Crippen LogP contribution >= 0.6 is 22.9 Å². The first-order valence-electron chi connectivity index (χ1n) is 9.59. The van der Waals surface area contributed by atoms with Crippen LogP contribution in [0.1, 0.15) is 23.4 Å². The number of halogens is 1. The molecule has 162 valence electrons. The van der Waals surface area contributed by atoms with Crippen LogP contribution in [0.5, 0.6) is 5.75 Å². The summed E-state index contributed by atoms with van der Waals surface area (Å²) in [6.45, 7) is 1.55. The summed E-state index contributed by atoms with van der Waals surface area (Å²) in [5.74, 6) is -0.632. The van der Waals surface area contributed by atoms with Crippen molar-refractivity contribution in [3.05, 3.63) is 62.4 Å². The lowest BCUT2D eigenvalue weighted by molar-refractivity contribution is -0.150. The topological polar surface area (TPSA) is 103 Å². The molecule has 4 rings (SSSR count). The molecule has 0 spiro atoms. The number of amides is 2. The highest BCUT2D eigenvalue weighted by Crippen LogP contribution is 2.33. The zero-order chi connectivity index (χ0) is 22.0. The number of esters is 2. The van der Waals surface area contributed by atoms with Gasteiger partial charge >= 0.3 is 18.0 Å². The minimum atomic E-state index is -0.828. The van der Waals surface area contributed by atoms with Crippen LogP contribution in [0.15, 0.2) is 47.0 Å². The van der Waals surface area contributed by atoms with Crippen molar-refractivity contribution in [1.82, 2.24) is 10.6 Å². The van der Waals surface area contributed by atoms with Crippen molar-refractivity contribution in [2.24, 2.45) is 0 Å². The van der Waals surface area contributed by atoms with Crippen molar-refractivity contribution in [2.75, 3.05) is 13.2 Å². The number of ether oxygens (including phenoxy) is 3. The number of nitrogens with one attached hydrogen (secondary N) is 2. The standard InChI is InChI=1S/C21H19ClN2O6S/c1-2-28-20(26)17-13(23-21(27)24-18(17)16-4-3-7-31-16)10-29-19(25)15-9-11-8-12(22)5-6-14(11)30-15/h3-8,15,18H,2,9-10H2,1H3,(H2,23,24,27)/t15-,18-/m1/s1. The predicted molar refractivity (Wildman–Crippen MR) is 113 cm³/mol. The normalized spacial score (nSPS) is 19.7. The first kappa shape index (κ1) is 21.2. The lowest BCUT2D eigenvalue weighted by Gasteiger charge is -2.28. The Morgan fingerprint density at radius 2 is 2.13 bits per heavy atom. The molecule has 2 atom stereocenters. The molecule has 8 nitrogen and oxygen atoms in total. The maximum Gasteiger partial charge on any atom is 0.348 e. The number of hydrogen-bond donors (Lipinski definition) is 2. The fourth-order valence-corrected chi connectivity index (χ4v) is 4.41. The minimum Gasteiger partial charge on any atom is -0.478 e. The Morgan fingerprint density at radius 3 is 2.87 bits per heavy atom. The molecule has 2 N–H and O–H groups in total. The number of rotatable bonds is 6. The van der Waals surface area contributed by atoms with E-state index in [-0.39, 0.29) is 24.5 Å². The predicted octanol–water partition coefficient (Wildman–Crippen LogP) is 3.12. The van der Waals surface area contributed by atoms with E-state index in [1.54, 1.807) is 31.2 Å². The Bertz CT molecular complexity index is 1050. The van der Waals surface area contributed by atoms with Gasteiger partial charge in [-0.15, -0.1) is 11.3 Å². The lowest BCUT2D eigenvalue weighted by atomic mass is 10.0. The third-order valence-corrected chi connectivity index (χ3v) is 5.97. The van der Waals surface area contributed by atoms with Crippen LogP contribution < -0.4 is 15.4 Å². The SMILES string of the molecule is CCOC(=O)C1=C(COC(=O)[C@H]2Cc3cc(Cl)ccc3O2)NC(=O)N[C@@H]1c1cccs1. The van der Waals surface area contributed by atoms with Gasteiger partial charge in [0.1, 0.15) is 12.4 Å². The molecule has 3 heterocycles. The van der Waals surface area contributed by atoms with E-state index in [9.17, 15) is 14.4 Å². The average molecular weight is 463 g/mol. The van der Waals surface area contributed by atoms with Gasteiger partial charge < -0.3 is 24.8 Å². The molecular weight excluding hydrogens is 444 g/mol. The van der Waals surface area contributed by atoms with Crippen LogP contribution in [-0.2, 0) is 25.5 Å². The number of carbonyl (C=O) groups is 3. The first-order chi connectivity index (χ1) is 15.0. The van der Waals surface area contributed by atoms with Gasteiger partial charge in [0.2, 0.25) is 0 Å². The highest BCUT2D eigenvalue weighted by Gasteiger charge is 2.36. The molecule has 0 radical (unpaired) electrons. The highest BCUT2D eigenvalue weighted by molar-refractivity contribution is 7.10. The van der Waals surface area contributed by atoms with Crippen LogP contribution in [-0.4, -0.2) is 37.3 Å². The molecular formula is C21H19ClN2O6S. The molecule has 0 saturated heterocycles. The van der Waals surface area contributed by atoms with E-state index in [4.69, 9.17) is 25.8 Å². The lowest BCUT2D eigenvalue weighted by Crippen LogP contribution is -2.47. The van der Waals surface area contributed by atoms with Crippen LogP contribution in [0.3, 0.4) is 0 Å². The van der Waals surface area contributed by atoms with Gasteiger partial charge in [0.25, 0.3) is 0 Å². The third-order valence-electron chi connectivity index (χ3n) is 4.80. The second kappa shape index (κ2) is 8.99. The number of fused-ring (bicyclic) bond motifs is 1. The summed E-state index contributed by atoms with van der Waals surface area (Å²) in [6.07, 6.45) is -0.504. The van der Waals surface area contributed by atoms with Crippen molar-refractivity contribution in [1.29, 1.82) is 0 Å². The van der Waals surface area contributed by atoms with E-state index >= 15 is 0 Å². The van der Waals surface area contributed by atoms with Gasteiger partial charge in [-0.25, -0.2) is 14.4 Å². The van der Waals surface area contributed by atoms with Gasteiger partial charge in [-0.1, -0.05) is 17.7 Å². The maximum absolute atomic E-state index is 12.7. The molecule has 0 saturated carbocycles. The Hall–Kier alpha value is -3.04. The Balaban J connectivity index is 1.53. The summed E-state index contributed by atoms with van der Waals surface area (Å²) in [6, 6.07) is 7.54. The molecule has 1 aromatic heterocycles. The molecule has 1 aromatic carbocycles. The number of thiophene rings is 1. The molecule has 0 bridgehead atoms. The molecule has 2 aromatic rings. The quantitative estimate of drug-likeness (QED) is 0.639. The fourth-order valence-electron chi connectivity index (χ4n) is 3.44. The smallest absolute Gasteiger partial charge is 0.348 e. The van der Waals surface area contributed by atoms with Crippen LogP contribution in [0, 0.1) is 0 Å². The second-order valence-corrected chi connectivity index (χ2v) is 8.25. The summed E-state index contributed by atoms with van der Waals surface area (Å²) >= 11 is 7.38. The van der Waals surface area contributed by atoms with Crippen molar-refractivity contribution >= 4 is 40.9 Å². The average Bonchev–Trinajstić information content (AvgIpc) is 3.41. The van der Waals surface area contributed by atoms with Gasteiger partial charge in [0, 0.05) is 16.3 Å². The molecule has 0 aliphatic carbocycles. The van der Waals surface area contributed by atoms with E-state index in [0.717, 1.165) is 10.4 Å². The van der Waals surface area contributed by atoms with Crippen molar-refractivity contribution < 1.29 is 28.6 Å². The summed E-state index contributed by atoms with van der Waals surface area (Å²) < 4.78 is 16.2. The van der Waals surface area contributed by atoms with Gasteiger partial charge in [0.15, 0.2) is 6.10 Å². The second-order valence-electron chi connectivity index (χ2n) is 6.83. The molecule has 2 amide bonds. The Labute approximate surface area is 187 Å². The summed E-state index contributed by atoms with van der Waals surface area (Å²) in [7, 11) is 0. The van der Waals surface area contributed by atoms with Gasteiger partial charge in [-0.3, -0.25) is 0 Å². The monoisotopic (exact) mass is 462 g/mol. The van der Waals surface area contributed by atoms with Gasteiger partial charge in [-0.05, 0) is 42.1 Å². The number of hydrogen-bond acceptors (Lipinski definition) is 7. The fraction of sp³-hybridized carbons (Fsp3) is 0.286. The van der Waals surface area contributed by atoms with Crippen LogP contribution in [0.2, 0.25) is 5.02 Å². The summed E-state index contributed by atoms with van der Waals surface area (Å²) in [4.78, 5) is 38.2. The molecule has 2 aliphatic heterocycles. The third kappa shape index (κ3) is 4.52. The Kier molecular flexibility index (Phi) is 6.15. The number of urea groups is 1. The summed E-state index contributed by atoms with van der Waals surface area (Å²) in [5.41, 5.74) is 1.18. The van der Waals surface area contributed by atoms with Crippen molar-refractivity contribution in [3.63, 3.8) is 0 Å². The van der Waals surface area contributed by atoms with Gasteiger partial charge in [-0.2, -0.15) is 0 Å². The number of benzene rings is 1. The highest BCUT2D eigenvalue weighted by atomic mass is 35.5. The molecule has 2 aliphatic rings. The largest absolute Gasteiger partial charge is 0.478 e. The summed E-state index contributed by atoms with van der Waals surface area (Å²) in [5, 5.41) is 7.68. The van der Waals surface area contributed by atoms with Crippen molar-refractivity contribution in [2.45, 2.75) is 25.5 Å². The van der Waals surface area contributed by atoms with Crippen molar-refractivity contribution in [3.8, 4) is 5.75 Å². The van der Waals surface area contributed by atoms with Crippen LogP contribution in [0.25, 0.3) is 0 Å². The van der Waals surface area contributed by atoms with Crippen LogP contribution in [0.4, 0.5) is 4.79 Å². The first-order valence-corrected chi connectivity index (χ1v) is 10.8. The molecule has 0 fully saturated rings.